The summed E-state index contributed by atoms with van der Waals surface area (Å²) in [5.74, 6) is -1.59. The van der Waals surface area contributed by atoms with Gasteiger partial charge in [-0.25, -0.2) is 13.1 Å². The number of nitrogens with one attached hydrogen (secondary N) is 1. The lowest BCUT2D eigenvalue weighted by atomic mass is 10.4. The number of carbonyl (C=O) groups is 3. The van der Waals surface area contributed by atoms with Gasteiger partial charge in [-0.1, -0.05) is 11.6 Å². The molecule has 1 aromatic rings. The molecule has 1 aromatic carbocycles. The molecule has 136 valence electrons. The highest BCUT2D eigenvalue weighted by Crippen LogP contribution is 2.13. The van der Waals surface area contributed by atoms with Crippen LogP contribution in [0.3, 0.4) is 0 Å². The van der Waals surface area contributed by atoms with Crippen molar-refractivity contribution in [2.45, 2.75) is 24.2 Å². The number of imide groups is 1. The molecule has 25 heavy (non-hydrogen) atoms. The van der Waals surface area contributed by atoms with Crippen molar-refractivity contribution in [1.29, 1.82) is 0 Å². The van der Waals surface area contributed by atoms with Crippen molar-refractivity contribution in [2.24, 2.45) is 0 Å². The summed E-state index contributed by atoms with van der Waals surface area (Å²) in [6.45, 7) is -0.384. The van der Waals surface area contributed by atoms with Crippen LogP contribution in [0.4, 0.5) is 0 Å². The van der Waals surface area contributed by atoms with Gasteiger partial charge in [0.1, 0.15) is 0 Å². The van der Waals surface area contributed by atoms with Crippen molar-refractivity contribution in [3.63, 3.8) is 0 Å². The van der Waals surface area contributed by atoms with Gasteiger partial charge in [-0.15, -0.1) is 0 Å². The molecule has 10 heteroatoms. The first-order valence-corrected chi connectivity index (χ1v) is 9.40. The number of likely N-dealkylation sites (tertiary alicyclic amines) is 1. The highest BCUT2D eigenvalue weighted by Gasteiger charge is 2.27. The number of amides is 2. The van der Waals surface area contributed by atoms with E-state index in [2.05, 4.69) is 4.72 Å². The molecule has 0 saturated carbocycles. The number of esters is 1. The van der Waals surface area contributed by atoms with Crippen LogP contribution in [0.15, 0.2) is 29.2 Å². The zero-order valence-electron chi connectivity index (χ0n) is 13.2. The predicted octanol–water partition coefficient (Wildman–Crippen LogP) is 0.701. The molecule has 0 aliphatic carbocycles. The fraction of sp³-hybridized carbons (Fsp3) is 0.400. The second-order valence-electron chi connectivity index (χ2n) is 5.31. The Morgan fingerprint density at radius 3 is 2.52 bits per heavy atom. The van der Waals surface area contributed by atoms with Crippen LogP contribution in [0.1, 0.15) is 19.3 Å². The number of benzene rings is 1. The minimum Gasteiger partial charge on any atom is -0.456 e. The molecule has 0 radical (unpaired) electrons. The van der Waals surface area contributed by atoms with Crippen molar-refractivity contribution in [3.8, 4) is 0 Å². The monoisotopic (exact) mass is 388 g/mol. The van der Waals surface area contributed by atoms with E-state index in [1.165, 1.54) is 24.3 Å². The van der Waals surface area contributed by atoms with Crippen LogP contribution in [0.25, 0.3) is 0 Å². The van der Waals surface area contributed by atoms with E-state index >= 15 is 0 Å². The molecule has 1 aliphatic heterocycles. The molecular weight excluding hydrogens is 372 g/mol. The summed E-state index contributed by atoms with van der Waals surface area (Å²) in [4.78, 5) is 35.7. The van der Waals surface area contributed by atoms with Crippen molar-refractivity contribution in [2.75, 3.05) is 19.7 Å². The third-order valence-corrected chi connectivity index (χ3v) is 5.21. The second-order valence-corrected chi connectivity index (χ2v) is 7.51. The molecule has 8 nitrogen and oxygen atoms in total. The second kappa shape index (κ2) is 8.41. The summed E-state index contributed by atoms with van der Waals surface area (Å²) in [6, 6.07) is 5.56. The number of nitrogens with zero attached hydrogens (tertiary/aromatic N) is 1. The zero-order chi connectivity index (χ0) is 18.4. The van der Waals surface area contributed by atoms with Crippen LogP contribution in [0, 0.1) is 0 Å². The normalized spacial score (nSPS) is 14.6. The fourth-order valence-electron chi connectivity index (χ4n) is 2.19. The summed E-state index contributed by atoms with van der Waals surface area (Å²) in [6.07, 6.45) is 0.672. The van der Waals surface area contributed by atoms with Gasteiger partial charge in [0.05, 0.1) is 11.3 Å². The number of hydrogen-bond donors (Lipinski definition) is 1. The molecule has 1 aliphatic rings. The maximum Gasteiger partial charge on any atom is 0.307 e. The van der Waals surface area contributed by atoms with Gasteiger partial charge in [-0.2, -0.15) is 0 Å². The summed E-state index contributed by atoms with van der Waals surface area (Å²) in [5, 5.41) is 0.406. The van der Waals surface area contributed by atoms with Gasteiger partial charge in [0.15, 0.2) is 6.61 Å². The van der Waals surface area contributed by atoms with Gasteiger partial charge in [-0.3, -0.25) is 19.3 Å². The molecule has 0 bridgehead atoms. The summed E-state index contributed by atoms with van der Waals surface area (Å²) >= 11 is 5.70. The number of halogens is 1. The SMILES string of the molecule is O=C(CCNS(=O)(=O)c1ccc(Cl)cc1)OCC(=O)N1CCCC1=O. The smallest absolute Gasteiger partial charge is 0.307 e. The van der Waals surface area contributed by atoms with E-state index in [9.17, 15) is 22.8 Å². The van der Waals surface area contributed by atoms with Crippen LogP contribution in [0.5, 0.6) is 0 Å². The maximum absolute atomic E-state index is 12.0. The van der Waals surface area contributed by atoms with Crippen LogP contribution < -0.4 is 4.72 Å². The van der Waals surface area contributed by atoms with E-state index in [1.807, 2.05) is 0 Å². The highest BCUT2D eigenvalue weighted by molar-refractivity contribution is 7.89. The van der Waals surface area contributed by atoms with Crippen LogP contribution >= 0.6 is 11.6 Å². The standard InChI is InChI=1S/C15H17ClN2O6S/c16-11-3-5-12(6-4-11)25(22,23)17-8-7-15(21)24-10-14(20)18-9-1-2-13(18)19/h3-6,17H,1-2,7-10H2. The molecular formula is C15H17ClN2O6S. The zero-order valence-corrected chi connectivity index (χ0v) is 14.8. The van der Waals surface area contributed by atoms with Crippen molar-refractivity contribution in [3.05, 3.63) is 29.3 Å². The fourth-order valence-corrected chi connectivity index (χ4v) is 3.35. The topological polar surface area (TPSA) is 110 Å². The minimum atomic E-state index is -3.76. The molecule has 1 N–H and O–H groups in total. The van der Waals surface area contributed by atoms with Crippen LogP contribution in [-0.2, 0) is 29.1 Å². The molecule has 0 unspecified atom stereocenters. The highest BCUT2D eigenvalue weighted by atomic mass is 35.5. The predicted molar refractivity (Wildman–Crippen MR) is 88.2 cm³/mol. The number of rotatable bonds is 7. The lowest BCUT2D eigenvalue weighted by molar-refractivity contribution is -0.154. The number of ether oxygens (including phenoxy) is 1. The largest absolute Gasteiger partial charge is 0.456 e. The lowest BCUT2D eigenvalue weighted by Gasteiger charge is -2.13. The van der Waals surface area contributed by atoms with E-state index in [4.69, 9.17) is 16.3 Å². The Hall–Kier alpha value is -1.97. The van der Waals surface area contributed by atoms with Gasteiger partial charge in [0.2, 0.25) is 15.9 Å². The number of carbonyl (C=O) groups excluding carboxylic acids is 3. The molecule has 0 spiro atoms. The molecule has 0 aromatic heterocycles. The summed E-state index contributed by atoms with van der Waals surface area (Å²) in [7, 11) is -3.76. The van der Waals surface area contributed by atoms with Crippen molar-refractivity contribution >= 4 is 39.4 Å². The first-order chi connectivity index (χ1) is 11.8. The summed E-state index contributed by atoms with van der Waals surface area (Å²) < 4.78 is 31.0. The third kappa shape index (κ3) is 5.52. The molecule has 2 amide bonds. The average Bonchev–Trinajstić information content (AvgIpc) is 2.99. The Balaban J connectivity index is 1.73. The van der Waals surface area contributed by atoms with E-state index in [0.29, 0.717) is 24.4 Å². The molecule has 1 saturated heterocycles. The number of sulfonamides is 1. The summed E-state index contributed by atoms with van der Waals surface area (Å²) in [5.41, 5.74) is 0. The van der Waals surface area contributed by atoms with Crippen LogP contribution in [0.2, 0.25) is 5.02 Å². The molecule has 0 atom stereocenters. The Labute approximate surface area is 150 Å². The first kappa shape index (κ1) is 19.4. The minimum absolute atomic E-state index is 0.0213. The van der Waals surface area contributed by atoms with E-state index in [0.717, 1.165) is 4.90 Å². The van der Waals surface area contributed by atoms with Gasteiger partial charge in [0, 0.05) is 24.5 Å². The van der Waals surface area contributed by atoms with Crippen LogP contribution in [-0.4, -0.2) is 50.8 Å². The quantitative estimate of drug-likeness (QED) is 0.688. The molecule has 2 rings (SSSR count). The van der Waals surface area contributed by atoms with Gasteiger partial charge in [0.25, 0.3) is 5.91 Å². The van der Waals surface area contributed by atoms with Gasteiger partial charge < -0.3 is 4.74 Å². The Bertz CT molecular complexity index is 763. The average molecular weight is 389 g/mol. The van der Waals surface area contributed by atoms with E-state index in [1.54, 1.807) is 0 Å². The van der Waals surface area contributed by atoms with Gasteiger partial charge >= 0.3 is 5.97 Å². The van der Waals surface area contributed by atoms with E-state index < -0.39 is 28.5 Å². The number of hydrogen-bond acceptors (Lipinski definition) is 6. The maximum atomic E-state index is 12.0. The Kier molecular flexibility index (Phi) is 6.51. The van der Waals surface area contributed by atoms with Crippen molar-refractivity contribution in [1.82, 2.24) is 9.62 Å². The third-order valence-electron chi connectivity index (χ3n) is 3.48. The molecule has 1 fully saturated rings. The Morgan fingerprint density at radius 1 is 1.24 bits per heavy atom. The lowest BCUT2D eigenvalue weighted by Crippen LogP contribution is -2.35. The Morgan fingerprint density at radius 2 is 1.92 bits per heavy atom. The van der Waals surface area contributed by atoms with Crippen molar-refractivity contribution < 1.29 is 27.5 Å². The van der Waals surface area contributed by atoms with Gasteiger partial charge in [-0.05, 0) is 30.7 Å². The van der Waals surface area contributed by atoms with E-state index in [-0.39, 0.29) is 23.8 Å². The molecule has 1 heterocycles. The first-order valence-electron chi connectivity index (χ1n) is 7.53.